The van der Waals surface area contributed by atoms with Gasteiger partial charge >= 0.3 is 0 Å². The third kappa shape index (κ3) is 7.75. The van der Waals surface area contributed by atoms with Crippen LogP contribution in [0.25, 0.3) is 11.3 Å². The molecule has 0 saturated heterocycles. The van der Waals surface area contributed by atoms with Crippen molar-refractivity contribution in [2.75, 3.05) is 24.4 Å². The van der Waals surface area contributed by atoms with Crippen molar-refractivity contribution in [2.24, 2.45) is 0 Å². The van der Waals surface area contributed by atoms with Gasteiger partial charge in [0, 0.05) is 21.5 Å². The van der Waals surface area contributed by atoms with Gasteiger partial charge in [0.25, 0.3) is 5.91 Å². The number of thioether (sulfide) groups is 1. The Morgan fingerprint density at radius 1 is 0.854 bits per heavy atom. The van der Waals surface area contributed by atoms with Crippen LogP contribution in [0, 0.1) is 0 Å². The minimum absolute atomic E-state index is 0.109. The van der Waals surface area contributed by atoms with Gasteiger partial charge in [0.05, 0.1) is 12.8 Å². The van der Waals surface area contributed by atoms with Crippen molar-refractivity contribution in [3.05, 3.63) is 120 Å². The van der Waals surface area contributed by atoms with Crippen LogP contribution < -0.4 is 20.1 Å². The minimum atomic E-state index is -0.548. The number of para-hydroxylation sites is 1. The van der Waals surface area contributed by atoms with Crippen LogP contribution in [0.1, 0.15) is 10.8 Å². The lowest BCUT2D eigenvalue weighted by atomic mass is 10.1. The maximum absolute atomic E-state index is 13.6. The molecule has 1 heterocycles. The number of carbonyl (C=O) groups is 2. The molecule has 1 atom stereocenters. The third-order valence-corrected chi connectivity index (χ3v) is 7.93. The SMILES string of the molecule is COc1cccc(-c2csc(NC(=O)C(Sc3cccc(NC(=O)COc4ccccc4)c3)c3ccccc3)n2)c1. The molecule has 0 radical (unpaired) electrons. The molecule has 2 N–H and O–H groups in total. The highest BCUT2D eigenvalue weighted by atomic mass is 32.2. The zero-order valence-corrected chi connectivity index (χ0v) is 23.8. The second-order valence-corrected chi connectivity index (χ2v) is 10.9. The second-order valence-electron chi connectivity index (χ2n) is 8.85. The molecule has 9 heteroatoms. The van der Waals surface area contributed by atoms with Gasteiger partial charge in [0.15, 0.2) is 11.7 Å². The summed E-state index contributed by atoms with van der Waals surface area (Å²) in [6, 6.07) is 33.8. The average Bonchev–Trinajstić information content (AvgIpc) is 3.48. The number of nitrogens with one attached hydrogen (secondary N) is 2. The van der Waals surface area contributed by atoms with Crippen molar-refractivity contribution in [1.82, 2.24) is 4.98 Å². The summed E-state index contributed by atoms with van der Waals surface area (Å²) in [7, 11) is 1.62. The number of rotatable bonds is 11. The van der Waals surface area contributed by atoms with E-state index in [1.165, 1.54) is 23.1 Å². The van der Waals surface area contributed by atoms with E-state index in [0.717, 1.165) is 27.5 Å². The Balaban J connectivity index is 1.28. The van der Waals surface area contributed by atoms with Crippen LogP contribution in [0.15, 0.2) is 119 Å². The first-order valence-corrected chi connectivity index (χ1v) is 14.5. The predicted molar refractivity (Wildman–Crippen MR) is 165 cm³/mol. The smallest absolute Gasteiger partial charge is 0.262 e. The van der Waals surface area contributed by atoms with Crippen LogP contribution in [-0.4, -0.2) is 30.5 Å². The van der Waals surface area contributed by atoms with Crippen molar-refractivity contribution < 1.29 is 19.1 Å². The fourth-order valence-corrected chi connectivity index (χ4v) is 5.77. The molecule has 0 aliphatic rings. The lowest BCUT2D eigenvalue weighted by molar-refractivity contribution is -0.118. The molecule has 0 aliphatic heterocycles. The first kappa shape index (κ1) is 27.9. The largest absolute Gasteiger partial charge is 0.497 e. The number of amides is 2. The quantitative estimate of drug-likeness (QED) is 0.159. The number of benzene rings is 4. The van der Waals surface area contributed by atoms with Crippen LogP contribution in [0.5, 0.6) is 11.5 Å². The number of thiazole rings is 1. The monoisotopic (exact) mass is 581 g/mol. The van der Waals surface area contributed by atoms with Crippen molar-refractivity contribution in [1.29, 1.82) is 0 Å². The molecular weight excluding hydrogens is 555 g/mol. The van der Waals surface area contributed by atoms with E-state index in [4.69, 9.17) is 9.47 Å². The van der Waals surface area contributed by atoms with Gasteiger partial charge in [-0.15, -0.1) is 23.1 Å². The summed E-state index contributed by atoms with van der Waals surface area (Å²) in [4.78, 5) is 31.5. The van der Waals surface area contributed by atoms with Crippen LogP contribution >= 0.6 is 23.1 Å². The third-order valence-electron chi connectivity index (χ3n) is 5.93. The summed E-state index contributed by atoms with van der Waals surface area (Å²) < 4.78 is 10.9. The molecule has 41 heavy (non-hydrogen) atoms. The van der Waals surface area contributed by atoms with Gasteiger partial charge < -0.3 is 20.1 Å². The topological polar surface area (TPSA) is 89.6 Å². The van der Waals surface area contributed by atoms with Crippen molar-refractivity contribution in [3.8, 4) is 22.8 Å². The zero-order valence-electron chi connectivity index (χ0n) is 22.2. The summed E-state index contributed by atoms with van der Waals surface area (Å²) >= 11 is 2.76. The maximum atomic E-state index is 13.6. The summed E-state index contributed by atoms with van der Waals surface area (Å²) in [5.74, 6) is 0.894. The number of aromatic nitrogens is 1. The Morgan fingerprint density at radius 3 is 2.37 bits per heavy atom. The van der Waals surface area contributed by atoms with Gasteiger partial charge in [-0.25, -0.2) is 4.98 Å². The minimum Gasteiger partial charge on any atom is -0.497 e. The number of hydrogen-bond donors (Lipinski definition) is 2. The second kappa shape index (κ2) is 13.6. The van der Waals surface area contributed by atoms with Gasteiger partial charge in [-0.1, -0.05) is 66.7 Å². The molecule has 5 aromatic rings. The molecule has 1 unspecified atom stereocenters. The van der Waals surface area contributed by atoms with E-state index in [-0.39, 0.29) is 18.4 Å². The summed E-state index contributed by atoms with van der Waals surface area (Å²) in [6.45, 7) is -0.109. The molecule has 4 aromatic carbocycles. The number of hydrogen-bond acceptors (Lipinski definition) is 7. The highest BCUT2D eigenvalue weighted by Gasteiger charge is 2.23. The fourth-order valence-electron chi connectivity index (χ4n) is 3.96. The van der Waals surface area contributed by atoms with Gasteiger partial charge in [-0.05, 0) is 48.0 Å². The summed E-state index contributed by atoms with van der Waals surface area (Å²) in [5, 5.41) is 7.72. The Morgan fingerprint density at radius 2 is 1.59 bits per heavy atom. The van der Waals surface area contributed by atoms with Crippen LogP contribution in [0.2, 0.25) is 0 Å². The zero-order chi connectivity index (χ0) is 28.4. The van der Waals surface area contributed by atoms with Crippen molar-refractivity contribution in [2.45, 2.75) is 10.1 Å². The number of methoxy groups -OCH3 is 1. The van der Waals surface area contributed by atoms with E-state index in [0.29, 0.717) is 16.6 Å². The normalized spacial score (nSPS) is 11.3. The van der Waals surface area contributed by atoms with E-state index in [1.54, 1.807) is 25.3 Å². The number of carbonyl (C=O) groups excluding carboxylic acids is 2. The molecule has 0 fully saturated rings. The Hall–Kier alpha value is -4.60. The molecule has 2 amide bonds. The molecular formula is C32H27N3O4S2. The highest BCUT2D eigenvalue weighted by Crippen LogP contribution is 2.38. The lowest BCUT2D eigenvalue weighted by Gasteiger charge is -2.17. The molecule has 0 aliphatic carbocycles. The molecule has 5 rings (SSSR count). The van der Waals surface area contributed by atoms with Gasteiger partial charge in [0.2, 0.25) is 5.91 Å². The Bertz CT molecular complexity index is 1610. The molecule has 7 nitrogen and oxygen atoms in total. The molecule has 206 valence electrons. The first-order valence-electron chi connectivity index (χ1n) is 12.8. The number of anilines is 2. The van der Waals surface area contributed by atoms with Crippen LogP contribution in [0.3, 0.4) is 0 Å². The van der Waals surface area contributed by atoms with Crippen molar-refractivity contribution >= 4 is 45.7 Å². The first-order chi connectivity index (χ1) is 20.1. The van der Waals surface area contributed by atoms with E-state index in [9.17, 15) is 9.59 Å². The van der Waals surface area contributed by atoms with E-state index in [1.807, 2.05) is 96.4 Å². The Kier molecular flexibility index (Phi) is 9.30. The highest BCUT2D eigenvalue weighted by molar-refractivity contribution is 8.00. The molecule has 0 saturated carbocycles. The van der Waals surface area contributed by atoms with Crippen LogP contribution in [-0.2, 0) is 9.59 Å². The van der Waals surface area contributed by atoms with Gasteiger partial charge in [-0.2, -0.15) is 0 Å². The Labute approximate surface area is 246 Å². The number of ether oxygens (including phenoxy) is 2. The van der Waals surface area contributed by atoms with E-state index in [2.05, 4.69) is 15.6 Å². The van der Waals surface area contributed by atoms with Crippen molar-refractivity contribution in [3.63, 3.8) is 0 Å². The van der Waals surface area contributed by atoms with Gasteiger partial charge in [0.1, 0.15) is 16.7 Å². The van der Waals surface area contributed by atoms with E-state index >= 15 is 0 Å². The summed E-state index contributed by atoms with van der Waals surface area (Å²) in [5.41, 5.74) is 3.13. The van der Waals surface area contributed by atoms with E-state index < -0.39 is 5.25 Å². The molecule has 0 bridgehead atoms. The fraction of sp³-hybridized carbons (Fsp3) is 0.0938. The predicted octanol–water partition coefficient (Wildman–Crippen LogP) is 7.31. The van der Waals surface area contributed by atoms with Crippen LogP contribution in [0.4, 0.5) is 10.8 Å². The lowest BCUT2D eigenvalue weighted by Crippen LogP contribution is -2.20. The molecule has 1 aromatic heterocycles. The maximum Gasteiger partial charge on any atom is 0.262 e. The number of nitrogens with zero attached hydrogens (tertiary/aromatic N) is 1. The summed E-state index contributed by atoms with van der Waals surface area (Å²) in [6.07, 6.45) is 0. The molecule has 0 spiro atoms. The standard InChI is InChI=1S/C32H27N3O4S2/c1-38-26-16-8-12-23(18-26)28-21-40-32(34-28)35-31(37)30(22-10-4-2-5-11-22)41-27-17-9-13-24(19-27)33-29(36)20-39-25-14-6-3-7-15-25/h2-19,21,30H,20H2,1H3,(H,33,36)(H,34,35,37). The average molecular weight is 582 g/mol. The van der Waals surface area contributed by atoms with Gasteiger partial charge in [-0.3, -0.25) is 9.59 Å².